The number of fused-ring (bicyclic) bond motifs is 2. The summed E-state index contributed by atoms with van der Waals surface area (Å²) >= 11 is 3.58. The average Bonchev–Trinajstić information content (AvgIpc) is 2.95. The molecule has 0 aliphatic heterocycles. The first-order valence-corrected chi connectivity index (χ1v) is 8.88. The fourth-order valence-corrected chi connectivity index (χ4v) is 4.11. The molecular formula is C20H18BrNO. The van der Waals surface area contributed by atoms with Gasteiger partial charge in [-0.2, -0.15) is 0 Å². The maximum absolute atomic E-state index is 12.5. The summed E-state index contributed by atoms with van der Waals surface area (Å²) in [4.78, 5) is 12.5. The van der Waals surface area contributed by atoms with Gasteiger partial charge in [-0.3, -0.25) is 4.79 Å². The van der Waals surface area contributed by atoms with Gasteiger partial charge < -0.3 is 5.32 Å². The molecule has 0 spiro atoms. The predicted octanol–water partition coefficient (Wildman–Crippen LogP) is 4.74. The van der Waals surface area contributed by atoms with Crippen molar-refractivity contribution in [1.82, 2.24) is 5.32 Å². The SMILES string of the molecule is O=C(NC1CCCC2=C1Cc1ccc(Br)cc12)c1ccccc1. The highest BCUT2D eigenvalue weighted by Crippen LogP contribution is 2.42. The Hall–Kier alpha value is -1.87. The van der Waals surface area contributed by atoms with Crippen LogP contribution in [0.2, 0.25) is 0 Å². The van der Waals surface area contributed by atoms with E-state index in [2.05, 4.69) is 39.4 Å². The maximum atomic E-state index is 12.5. The van der Waals surface area contributed by atoms with Gasteiger partial charge in [-0.25, -0.2) is 0 Å². The van der Waals surface area contributed by atoms with Crippen LogP contribution in [0.25, 0.3) is 5.57 Å². The first kappa shape index (κ1) is 14.7. The van der Waals surface area contributed by atoms with Gasteiger partial charge in [-0.05, 0) is 72.2 Å². The van der Waals surface area contributed by atoms with Gasteiger partial charge in [0.15, 0.2) is 0 Å². The van der Waals surface area contributed by atoms with E-state index in [0.29, 0.717) is 0 Å². The summed E-state index contributed by atoms with van der Waals surface area (Å²) in [6.45, 7) is 0. The molecule has 1 N–H and O–H groups in total. The summed E-state index contributed by atoms with van der Waals surface area (Å²) in [5, 5.41) is 3.25. The zero-order valence-corrected chi connectivity index (χ0v) is 14.4. The van der Waals surface area contributed by atoms with Crippen LogP contribution >= 0.6 is 15.9 Å². The molecule has 0 fully saturated rings. The number of halogens is 1. The summed E-state index contributed by atoms with van der Waals surface area (Å²) in [5.74, 6) is 0.0292. The van der Waals surface area contributed by atoms with E-state index in [0.717, 1.165) is 35.7 Å². The molecule has 1 amide bonds. The van der Waals surface area contributed by atoms with Gasteiger partial charge in [0.2, 0.25) is 0 Å². The Balaban J connectivity index is 1.61. The smallest absolute Gasteiger partial charge is 0.251 e. The largest absolute Gasteiger partial charge is 0.346 e. The molecule has 23 heavy (non-hydrogen) atoms. The Morgan fingerprint density at radius 3 is 2.78 bits per heavy atom. The summed E-state index contributed by atoms with van der Waals surface area (Å²) in [6.07, 6.45) is 4.26. The zero-order valence-electron chi connectivity index (χ0n) is 12.8. The van der Waals surface area contributed by atoms with E-state index >= 15 is 0 Å². The minimum absolute atomic E-state index is 0.0292. The maximum Gasteiger partial charge on any atom is 0.251 e. The number of rotatable bonds is 2. The molecule has 2 aliphatic rings. The van der Waals surface area contributed by atoms with Crippen LogP contribution in [0.15, 0.2) is 58.6 Å². The molecule has 2 nitrogen and oxygen atoms in total. The summed E-state index contributed by atoms with van der Waals surface area (Å²) in [6, 6.07) is 16.2. The van der Waals surface area contributed by atoms with Crippen molar-refractivity contribution in [2.75, 3.05) is 0 Å². The number of hydrogen-bond acceptors (Lipinski definition) is 1. The molecule has 3 heteroatoms. The van der Waals surface area contributed by atoms with Crippen LogP contribution in [-0.2, 0) is 6.42 Å². The van der Waals surface area contributed by atoms with Crippen molar-refractivity contribution in [1.29, 1.82) is 0 Å². The highest BCUT2D eigenvalue weighted by Gasteiger charge is 2.31. The van der Waals surface area contributed by atoms with Crippen molar-refractivity contribution >= 4 is 27.4 Å². The molecule has 0 saturated carbocycles. The highest BCUT2D eigenvalue weighted by molar-refractivity contribution is 9.10. The lowest BCUT2D eigenvalue weighted by Crippen LogP contribution is -2.37. The molecule has 0 bridgehead atoms. The van der Waals surface area contributed by atoms with E-state index in [-0.39, 0.29) is 11.9 Å². The van der Waals surface area contributed by atoms with Crippen LogP contribution in [0.5, 0.6) is 0 Å². The Morgan fingerprint density at radius 1 is 1.13 bits per heavy atom. The van der Waals surface area contributed by atoms with Crippen LogP contribution < -0.4 is 5.32 Å². The van der Waals surface area contributed by atoms with Crippen molar-refractivity contribution in [3.8, 4) is 0 Å². The topological polar surface area (TPSA) is 29.1 Å². The third kappa shape index (κ3) is 2.74. The quantitative estimate of drug-likeness (QED) is 0.815. The molecule has 1 atom stereocenters. The Labute approximate surface area is 144 Å². The lowest BCUT2D eigenvalue weighted by molar-refractivity contribution is 0.0940. The molecule has 0 heterocycles. The lowest BCUT2D eigenvalue weighted by atomic mass is 9.87. The number of benzene rings is 2. The second-order valence-corrected chi connectivity index (χ2v) is 7.18. The predicted molar refractivity (Wildman–Crippen MR) is 96.3 cm³/mol. The van der Waals surface area contributed by atoms with E-state index in [1.54, 1.807) is 0 Å². The van der Waals surface area contributed by atoms with Crippen LogP contribution in [0.4, 0.5) is 0 Å². The Bertz CT molecular complexity index is 795. The minimum Gasteiger partial charge on any atom is -0.346 e. The Kier molecular flexibility index (Phi) is 3.82. The van der Waals surface area contributed by atoms with Crippen molar-refractivity contribution in [2.24, 2.45) is 0 Å². The van der Waals surface area contributed by atoms with E-state index < -0.39 is 0 Å². The number of allylic oxidation sites excluding steroid dienone is 1. The molecule has 0 aromatic heterocycles. The molecular weight excluding hydrogens is 350 g/mol. The van der Waals surface area contributed by atoms with Crippen LogP contribution in [0, 0.1) is 0 Å². The van der Waals surface area contributed by atoms with Crippen LogP contribution in [-0.4, -0.2) is 11.9 Å². The van der Waals surface area contributed by atoms with Gasteiger partial charge >= 0.3 is 0 Å². The molecule has 0 saturated heterocycles. The third-order valence-corrected chi connectivity index (χ3v) is 5.34. The third-order valence-electron chi connectivity index (χ3n) is 4.85. The van der Waals surface area contributed by atoms with Gasteiger partial charge in [0.1, 0.15) is 0 Å². The second kappa shape index (κ2) is 5.97. The molecule has 0 radical (unpaired) electrons. The fourth-order valence-electron chi connectivity index (χ4n) is 3.74. The van der Waals surface area contributed by atoms with E-state index in [4.69, 9.17) is 0 Å². The molecule has 2 aromatic rings. The molecule has 1 unspecified atom stereocenters. The zero-order chi connectivity index (χ0) is 15.8. The van der Waals surface area contributed by atoms with Gasteiger partial charge in [0.05, 0.1) is 6.04 Å². The average molecular weight is 368 g/mol. The van der Waals surface area contributed by atoms with Crippen molar-refractivity contribution < 1.29 is 4.79 Å². The first-order chi connectivity index (χ1) is 11.2. The Morgan fingerprint density at radius 2 is 1.96 bits per heavy atom. The molecule has 2 aliphatic carbocycles. The highest BCUT2D eigenvalue weighted by atomic mass is 79.9. The van der Waals surface area contributed by atoms with Crippen molar-refractivity contribution in [2.45, 2.75) is 31.7 Å². The number of hydrogen-bond donors (Lipinski definition) is 1. The lowest BCUT2D eigenvalue weighted by Gasteiger charge is -2.26. The number of carbonyl (C=O) groups is 1. The van der Waals surface area contributed by atoms with Crippen LogP contribution in [0.1, 0.15) is 40.7 Å². The fraction of sp³-hybridized carbons (Fsp3) is 0.250. The number of nitrogens with one attached hydrogen (secondary N) is 1. The summed E-state index contributed by atoms with van der Waals surface area (Å²) < 4.78 is 1.13. The van der Waals surface area contributed by atoms with Crippen molar-refractivity contribution in [3.63, 3.8) is 0 Å². The molecule has 4 rings (SSSR count). The number of carbonyl (C=O) groups excluding carboxylic acids is 1. The molecule has 116 valence electrons. The van der Waals surface area contributed by atoms with Gasteiger partial charge in [0, 0.05) is 10.0 Å². The van der Waals surface area contributed by atoms with Gasteiger partial charge in [-0.15, -0.1) is 0 Å². The van der Waals surface area contributed by atoms with E-state index in [9.17, 15) is 4.79 Å². The second-order valence-electron chi connectivity index (χ2n) is 6.27. The van der Waals surface area contributed by atoms with Gasteiger partial charge in [0.25, 0.3) is 5.91 Å². The number of amides is 1. The monoisotopic (exact) mass is 367 g/mol. The van der Waals surface area contributed by atoms with Gasteiger partial charge in [-0.1, -0.05) is 40.2 Å². The summed E-state index contributed by atoms with van der Waals surface area (Å²) in [5.41, 5.74) is 6.35. The van der Waals surface area contributed by atoms with Crippen LogP contribution in [0.3, 0.4) is 0 Å². The van der Waals surface area contributed by atoms with Crippen molar-refractivity contribution in [3.05, 3.63) is 75.3 Å². The standard InChI is InChI=1S/C20H18BrNO/c21-15-10-9-14-11-18-16(17(14)12-15)7-4-8-19(18)22-20(23)13-5-2-1-3-6-13/h1-3,5-6,9-10,12,19H,4,7-8,11H2,(H,22,23). The summed E-state index contributed by atoms with van der Waals surface area (Å²) in [7, 11) is 0. The molecule has 2 aromatic carbocycles. The van der Waals surface area contributed by atoms with E-state index in [1.807, 2.05) is 30.3 Å². The van der Waals surface area contributed by atoms with E-state index in [1.165, 1.54) is 22.3 Å². The minimum atomic E-state index is 0.0292. The first-order valence-electron chi connectivity index (χ1n) is 8.09. The normalized spacial score (nSPS) is 19.3.